The van der Waals surface area contributed by atoms with Gasteiger partial charge in [0.2, 0.25) is 5.95 Å². The number of hydrogen-bond donors (Lipinski definition) is 3. The Hall–Kier alpha value is -4.34. The Kier molecular flexibility index (Phi) is 8.01. The third-order valence-electron chi connectivity index (χ3n) is 4.19. The third-order valence-corrected chi connectivity index (χ3v) is 4.19. The van der Waals surface area contributed by atoms with Gasteiger partial charge in [-0.1, -0.05) is 18.2 Å². The van der Waals surface area contributed by atoms with Crippen LogP contribution in [0.2, 0.25) is 0 Å². The van der Waals surface area contributed by atoms with Crippen molar-refractivity contribution in [3.63, 3.8) is 0 Å². The predicted molar refractivity (Wildman–Crippen MR) is 121 cm³/mol. The van der Waals surface area contributed by atoms with Crippen LogP contribution in [0.4, 0.5) is 27.9 Å². The molecule has 0 fully saturated rings. The van der Waals surface area contributed by atoms with E-state index in [1.807, 2.05) is 0 Å². The molecule has 0 amide bonds. The Morgan fingerprint density at radius 1 is 0.939 bits per heavy atom. The molecule has 1 heterocycles. The van der Waals surface area contributed by atoms with E-state index in [0.29, 0.717) is 11.4 Å². The molecule has 3 N–H and O–H groups in total. The molecule has 0 aliphatic heterocycles. The van der Waals surface area contributed by atoms with Crippen LogP contribution >= 0.6 is 0 Å². The summed E-state index contributed by atoms with van der Waals surface area (Å²) in [6.07, 6.45) is 0.614. The number of carbonyl (C=O) groups is 2. The van der Waals surface area contributed by atoms with Gasteiger partial charge >= 0.3 is 12.1 Å². The van der Waals surface area contributed by atoms with Gasteiger partial charge in [-0.05, 0) is 43.7 Å². The monoisotopic (exact) mass is 452 g/mol. The SMILES string of the molecule is CCOC(=O)OCc1cccc(Nc2ncc(C(=O)OCC)c(Nc3cccc(O)c3)n2)c1. The van der Waals surface area contributed by atoms with Crippen molar-refractivity contribution in [2.24, 2.45) is 0 Å². The number of hydrogen-bond acceptors (Lipinski definition) is 10. The number of anilines is 4. The second-order valence-electron chi connectivity index (χ2n) is 6.65. The molecule has 33 heavy (non-hydrogen) atoms. The van der Waals surface area contributed by atoms with Gasteiger partial charge in [0.05, 0.1) is 13.2 Å². The summed E-state index contributed by atoms with van der Waals surface area (Å²) >= 11 is 0. The molecule has 0 atom stereocenters. The zero-order valence-corrected chi connectivity index (χ0v) is 18.2. The van der Waals surface area contributed by atoms with E-state index in [4.69, 9.17) is 14.2 Å². The summed E-state index contributed by atoms with van der Waals surface area (Å²) in [6, 6.07) is 13.5. The molecule has 0 bridgehead atoms. The van der Waals surface area contributed by atoms with E-state index in [9.17, 15) is 14.7 Å². The van der Waals surface area contributed by atoms with E-state index >= 15 is 0 Å². The number of nitrogens with one attached hydrogen (secondary N) is 2. The zero-order valence-electron chi connectivity index (χ0n) is 18.2. The molecular formula is C23H24N4O6. The third kappa shape index (κ3) is 6.82. The van der Waals surface area contributed by atoms with Gasteiger partial charge in [-0.3, -0.25) is 0 Å². The lowest BCUT2D eigenvalue weighted by atomic mass is 10.2. The Labute approximate surface area is 190 Å². The first-order valence-corrected chi connectivity index (χ1v) is 10.2. The van der Waals surface area contributed by atoms with Crippen molar-refractivity contribution in [1.29, 1.82) is 0 Å². The number of benzene rings is 2. The summed E-state index contributed by atoms with van der Waals surface area (Å²) in [6.45, 7) is 3.88. The number of nitrogens with zero attached hydrogens (tertiary/aromatic N) is 2. The van der Waals surface area contributed by atoms with E-state index in [0.717, 1.165) is 5.56 Å². The van der Waals surface area contributed by atoms with Crippen LogP contribution in [0.1, 0.15) is 29.8 Å². The lowest BCUT2D eigenvalue weighted by Crippen LogP contribution is -2.11. The number of phenolic OH excluding ortho intramolecular Hbond substituents is 1. The highest BCUT2D eigenvalue weighted by atomic mass is 16.7. The normalized spacial score (nSPS) is 10.2. The fourth-order valence-electron chi connectivity index (χ4n) is 2.79. The fraction of sp³-hybridized carbons (Fsp3) is 0.217. The van der Waals surface area contributed by atoms with Gasteiger partial charge in [0, 0.05) is 23.6 Å². The van der Waals surface area contributed by atoms with E-state index in [2.05, 4.69) is 20.6 Å². The van der Waals surface area contributed by atoms with Crippen LogP contribution in [-0.2, 0) is 20.8 Å². The van der Waals surface area contributed by atoms with Crippen LogP contribution in [0, 0.1) is 0 Å². The average molecular weight is 452 g/mol. The van der Waals surface area contributed by atoms with Crippen LogP contribution in [0.25, 0.3) is 0 Å². The highest BCUT2D eigenvalue weighted by Gasteiger charge is 2.17. The first-order chi connectivity index (χ1) is 16.0. The van der Waals surface area contributed by atoms with Crippen LogP contribution in [0.3, 0.4) is 0 Å². The predicted octanol–water partition coefficient (Wildman–Crippen LogP) is 4.52. The van der Waals surface area contributed by atoms with Crippen LogP contribution in [-0.4, -0.2) is 40.4 Å². The van der Waals surface area contributed by atoms with Crippen LogP contribution in [0.5, 0.6) is 5.75 Å². The molecule has 0 saturated carbocycles. The molecule has 172 valence electrons. The van der Waals surface area contributed by atoms with Crippen molar-refractivity contribution in [1.82, 2.24) is 9.97 Å². The standard InChI is InChI=1S/C23H24N4O6/c1-3-31-21(29)19-13-24-22(27-20(19)25-17-9-6-10-18(28)12-17)26-16-8-5-7-15(11-16)14-33-23(30)32-4-2/h5-13,28H,3-4,14H2,1-2H3,(H2,24,25,26,27). The van der Waals surface area contributed by atoms with Crippen LogP contribution < -0.4 is 10.6 Å². The lowest BCUT2D eigenvalue weighted by Gasteiger charge is -2.13. The molecular weight excluding hydrogens is 428 g/mol. The minimum Gasteiger partial charge on any atom is -0.508 e. The van der Waals surface area contributed by atoms with Crippen molar-refractivity contribution in [2.45, 2.75) is 20.5 Å². The first-order valence-electron chi connectivity index (χ1n) is 10.2. The smallest absolute Gasteiger partial charge is 0.508 e. The van der Waals surface area contributed by atoms with E-state index in [1.165, 1.54) is 18.3 Å². The second-order valence-corrected chi connectivity index (χ2v) is 6.65. The molecule has 0 aliphatic carbocycles. The number of phenols is 1. The molecule has 0 saturated heterocycles. The molecule has 1 aromatic heterocycles. The maximum Gasteiger partial charge on any atom is 0.508 e. The van der Waals surface area contributed by atoms with E-state index in [1.54, 1.807) is 50.2 Å². The summed E-state index contributed by atoms with van der Waals surface area (Å²) in [5.74, 6) is -0.0933. The summed E-state index contributed by atoms with van der Waals surface area (Å²) in [7, 11) is 0. The van der Waals surface area contributed by atoms with Gasteiger partial charge < -0.3 is 30.0 Å². The summed E-state index contributed by atoms with van der Waals surface area (Å²) in [4.78, 5) is 32.4. The van der Waals surface area contributed by atoms with E-state index < -0.39 is 12.1 Å². The molecule has 10 nitrogen and oxygen atoms in total. The average Bonchev–Trinajstić information content (AvgIpc) is 2.78. The maximum absolute atomic E-state index is 12.3. The lowest BCUT2D eigenvalue weighted by molar-refractivity contribution is 0.0521. The Bertz CT molecular complexity index is 1120. The van der Waals surface area contributed by atoms with Gasteiger partial charge in [-0.25, -0.2) is 14.6 Å². The van der Waals surface area contributed by atoms with E-state index in [-0.39, 0.29) is 42.9 Å². The topological polar surface area (TPSA) is 132 Å². The number of rotatable bonds is 9. The highest BCUT2D eigenvalue weighted by molar-refractivity contribution is 5.95. The highest BCUT2D eigenvalue weighted by Crippen LogP contribution is 2.24. The number of carbonyl (C=O) groups excluding carboxylic acids is 2. The Morgan fingerprint density at radius 2 is 1.67 bits per heavy atom. The number of esters is 1. The molecule has 0 aliphatic rings. The van der Waals surface area contributed by atoms with Gasteiger partial charge in [0.15, 0.2) is 5.82 Å². The van der Waals surface area contributed by atoms with Crippen molar-refractivity contribution >= 4 is 35.3 Å². The van der Waals surface area contributed by atoms with Crippen LogP contribution in [0.15, 0.2) is 54.7 Å². The number of aromatic hydroxyl groups is 1. The molecule has 2 aromatic carbocycles. The fourth-order valence-corrected chi connectivity index (χ4v) is 2.79. The van der Waals surface area contributed by atoms with Crippen molar-refractivity contribution in [2.75, 3.05) is 23.8 Å². The largest absolute Gasteiger partial charge is 0.508 e. The molecule has 0 unspecified atom stereocenters. The minimum absolute atomic E-state index is 0.0430. The maximum atomic E-state index is 12.3. The zero-order chi connectivity index (χ0) is 23.6. The molecule has 0 spiro atoms. The van der Waals surface area contributed by atoms with Crippen molar-refractivity contribution in [3.05, 3.63) is 65.9 Å². The van der Waals surface area contributed by atoms with Gasteiger partial charge in [-0.15, -0.1) is 0 Å². The van der Waals surface area contributed by atoms with Gasteiger partial charge in [0.1, 0.15) is 17.9 Å². The number of ether oxygens (including phenoxy) is 3. The molecule has 0 radical (unpaired) electrons. The number of aromatic nitrogens is 2. The molecule has 10 heteroatoms. The van der Waals surface area contributed by atoms with Crippen molar-refractivity contribution < 1.29 is 28.9 Å². The minimum atomic E-state index is -0.739. The molecule has 3 rings (SSSR count). The Morgan fingerprint density at radius 3 is 2.39 bits per heavy atom. The summed E-state index contributed by atoms with van der Waals surface area (Å²) in [5.41, 5.74) is 2.05. The first kappa shape index (κ1) is 23.3. The summed E-state index contributed by atoms with van der Waals surface area (Å²) < 4.78 is 14.9. The van der Waals surface area contributed by atoms with Crippen molar-refractivity contribution in [3.8, 4) is 5.75 Å². The Balaban J connectivity index is 1.81. The van der Waals surface area contributed by atoms with Gasteiger partial charge in [0.25, 0.3) is 0 Å². The quantitative estimate of drug-likeness (QED) is 0.398. The molecule has 3 aromatic rings. The summed E-state index contributed by atoms with van der Waals surface area (Å²) in [5, 5.41) is 15.8. The second kappa shape index (κ2) is 11.3. The van der Waals surface area contributed by atoms with Gasteiger partial charge in [-0.2, -0.15) is 4.98 Å².